The molecule has 0 unspecified atom stereocenters. The molecule has 0 aliphatic carbocycles. The van der Waals surface area contributed by atoms with Crippen LogP contribution in [0, 0.1) is 11.3 Å². The maximum absolute atomic E-state index is 9.93. The van der Waals surface area contributed by atoms with Crippen LogP contribution >= 0.6 is 11.3 Å². The van der Waals surface area contributed by atoms with E-state index in [0.717, 1.165) is 82.2 Å². The molecule has 282 valence electrons. The van der Waals surface area contributed by atoms with Gasteiger partial charge in [-0.1, -0.05) is 140 Å². The van der Waals surface area contributed by atoms with Crippen LogP contribution in [0.15, 0.2) is 188 Å². The van der Waals surface area contributed by atoms with E-state index in [1.807, 2.05) is 66.9 Å². The van der Waals surface area contributed by atoms with Crippen LogP contribution in [0.2, 0.25) is 0 Å². The summed E-state index contributed by atoms with van der Waals surface area (Å²) in [5.41, 5.74) is 8.62. The van der Waals surface area contributed by atoms with Gasteiger partial charge in [-0.05, 0) is 86.1 Å². The van der Waals surface area contributed by atoms with Crippen molar-refractivity contribution in [2.75, 3.05) is 0 Å². The largest absolute Gasteiger partial charge is 0.256 e. The molecule has 0 spiro atoms. The van der Waals surface area contributed by atoms with E-state index >= 15 is 0 Å². The minimum atomic E-state index is 0.612. The summed E-state index contributed by atoms with van der Waals surface area (Å²) in [5, 5.41) is 20.0. The van der Waals surface area contributed by atoms with E-state index in [1.54, 1.807) is 11.3 Å². The fourth-order valence-electron chi connectivity index (χ4n) is 8.94. The molecule has 0 saturated carbocycles. The lowest BCUT2D eigenvalue weighted by atomic mass is 9.87. The topological polar surface area (TPSA) is 75.3 Å². The number of hydrogen-bond donors (Lipinski definition) is 0. The van der Waals surface area contributed by atoms with Crippen molar-refractivity contribution < 1.29 is 0 Å². The standard InChI is InChI=1S/C55H31N5S/c56-32-37-24-25-42(39-17-5-4-16-38(37)39)49-31-47-41-19-7-6-18-40(41)46(30-48(47)45-21-11-27-57-52(45)49)34-14-10-15-35(28-34)54-58-53(33-12-2-1-3-13-33)59-55(60-54)36-23-26-44-43-20-8-9-22-50(43)61-51(44)29-36/h1-31H. The molecule has 0 radical (unpaired) electrons. The number of nitriles is 1. The molecule has 3 aromatic heterocycles. The molecule has 0 atom stereocenters. The van der Waals surface area contributed by atoms with E-state index in [4.69, 9.17) is 19.9 Å². The van der Waals surface area contributed by atoms with Crippen LogP contribution < -0.4 is 0 Å². The Morgan fingerprint density at radius 2 is 0.951 bits per heavy atom. The quantitative estimate of drug-likeness (QED) is 0.162. The number of aromatic nitrogens is 4. The van der Waals surface area contributed by atoms with E-state index in [9.17, 15) is 5.26 Å². The molecule has 0 fully saturated rings. The molecular weight excluding hydrogens is 763 g/mol. The molecular formula is C55H31N5S. The van der Waals surface area contributed by atoms with Crippen molar-refractivity contribution in [3.8, 4) is 62.5 Å². The van der Waals surface area contributed by atoms with Gasteiger partial charge in [-0.15, -0.1) is 11.3 Å². The number of pyridine rings is 1. The van der Waals surface area contributed by atoms with E-state index in [1.165, 1.54) is 20.2 Å². The predicted octanol–water partition coefficient (Wildman–Crippen LogP) is 14.5. The van der Waals surface area contributed by atoms with Crippen LogP contribution in [0.3, 0.4) is 0 Å². The van der Waals surface area contributed by atoms with Gasteiger partial charge in [0.15, 0.2) is 17.5 Å². The van der Waals surface area contributed by atoms with E-state index in [0.29, 0.717) is 23.0 Å². The third-order valence-corrected chi connectivity index (χ3v) is 12.9. The van der Waals surface area contributed by atoms with Crippen molar-refractivity contribution >= 4 is 74.7 Å². The van der Waals surface area contributed by atoms with Gasteiger partial charge in [0.25, 0.3) is 0 Å². The highest BCUT2D eigenvalue weighted by Gasteiger charge is 2.19. The summed E-state index contributed by atoms with van der Waals surface area (Å²) < 4.78 is 2.46. The Balaban J connectivity index is 1.04. The van der Waals surface area contributed by atoms with Crippen molar-refractivity contribution in [1.29, 1.82) is 5.26 Å². The predicted molar refractivity (Wildman–Crippen MR) is 252 cm³/mol. The summed E-state index contributed by atoms with van der Waals surface area (Å²) in [4.78, 5) is 20.3. The van der Waals surface area contributed by atoms with Gasteiger partial charge in [0.2, 0.25) is 0 Å². The lowest BCUT2D eigenvalue weighted by Crippen LogP contribution is -2.00. The Kier molecular flexibility index (Phi) is 8.02. The molecule has 0 aliphatic rings. The maximum Gasteiger partial charge on any atom is 0.164 e. The van der Waals surface area contributed by atoms with E-state index in [2.05, 4.69) is 127 Å². The third kappa shape index (κ3) is 5.75. The first kappa shape index (κ1) is 34.9. The van der Waals surface area contributed by atoms with Crippen molar-refractivity contribution in [3.05, 3.63) is 194 Å². The summed E-state index contributed by atoms with van der Waals surface area (Å²) in [6, 6.07) is 65.7. The van der Waals surface area contributed by atoms with Gasteiger partial charge in [-0.2, -0.15) is 5.26 Å². The summed E-state index contributed by atoms with van der Waals surface area (Å²) in [7, 11) is 0. The summed E-state index contributed by atoms with van der Waals surface area (Å²) in [5.74, 6) is 1.87. The minimum absolute atomic E-state index is 0.612. The number of fused-ring (bicyclic) bond motifs is 9. The molecule has 0 aliphatic heterocycles. The molecule has 61 heavy (non-hydrogen) atoms. The first-order valence-corrected chi connectivity index (χ1v) is 21.0. The molecule has 5 nitrogen and oxygen atoms in total. The number of thiophene rings is 1. The fourth-order valence-corrected chi connectivity index (χ4v) is 10.1. The molecule has 0 amide bonds. The highest BCUT2D eigenvalue weighted by atomic mass is 32.1. The normalized spacial score (nSPS) is 11.6. The number of benzene rings is 9. The van der Waals surface area contributed by atoms with Crippen LogP contribution in [0.5, 0.6) is 0 Å². The van der Waals surface area contributed by atoms with Gasteiger partial charge in [0, 0.05) is 59.4 Å². The molecule has 0 N–H and O–H groups in total. The Bertz CT molecular complexity index is 3790. The third-order valence-electron chi connectivity index (χ3n) is 11.8. The van der Waals surface area contributed by atoms with Crippen LogP contribution in [0.1, 0.15) is 5.56 Å². The van der Waals surface area contributed by atoms with Crippen LogP contribution in [0.4, 0.5) is 0 Å². The first-order chi connectivity index (χ1) is 30.2. The van der Waals surface area contributed by atoms with Gasteiger partial charge in [-0.3, -0.25) is 4.98 Å². The summed E-state index contributed by atoms with van der Waals surface area (Å²) >= 11 is 1.79. The second-order valence-corrected chi connectivity index (χ2v) is 16.4. The summed E-state index contributed by atoms with van der Waals surface area (Å²) in [6.45, 7) is 0. The Hall–Kier alpha value is -8.11. The van der Waals surface area contributed by atoms with Gasteiger partial charge in [-0.25, -0.2) is 15.0 Å². The highest BCUT2D eigenvalue weighted by Crippen LogP contribution is 2.43. The molecule has 0 saturated heterocycles. The maximum atomic E-state index is 9.93. The zero-order chi connectivity index (χ0) is 40.4. The second-order valence-electron chi connectivity index (χ2n) is 15.3. The Morgan fingerprint density at radius 1 is 0.361 bits per heavy atom. The van der Waals surface area contributed by atoms with Crippen molar-refractivity contribution in [3.63, 3.8) is 0 Å². The highest BCUT2D eigenvalue weighted by molar-refractivity contribution is 7.25. The zero-order valence-corrected chi connectivity index (χ0v) is 33.4. The number of nitrogens with zero attached hydrogens (tertiary/aromatic N) is 5. The monoisotopic (exact) mass is 793 g/mol. The van der Waals surface area contributed by atoms with Crippen molar-refractivity contribution in [1.82, 2.24) is 19.9 Å². The first-order valence-electron chi connectivity index (χ1n) is 20.2. The van der Waals surface area contributed by atoms with Gasteiger partial charge in [0.1, 0.15) is 0 Å². The Morgan fingerprint density at radius 3 is 1.75 bits per heavy atom. The number of rotatable bonds is 5. The van der Waals surface area contributed by atoms with Crippen molar-refractivity contribution in [2.24, 2.45) is 0 Å². The molecule has 0 bridgehead atoms. The minimum Gasteiger partial charge on any atom is -0.256 e. The van der Waals surface area contributed by atoms with Gasteiger partial charge >= 0.3 is 0 Å². The van der Waals surface area contributed by atoms with Gasteiger partial charge in [0.05, 0.1) is 17.1 Å². The van der Waals surface area contributed by atoms with E-state index < -0.39 is 0 Å². The smallest absolute Gasteiger partial charge is 0.164 e. The molecule has 6 heteroatoms. The zero-order valence-electron chi connectivity index (χ0n) is 32.5. The van der Waals surface area contributed by atoms with Gasteiger partial charge < -0.3 is 0 Å². The van der Waals surface area contributed by atoms with Crippen LogP contribution in [-0.4, -0.2) is 19.9 Å². The number of hydrogen-bond acceptors (Lipinski definition) is 6. The SMILES string of the molecule is N#Cc1ccc(-c2cc3c4ccccc4c(-c4cccc(-c5nc(-c6ccccc6)nc(-c6ccc7c(c6)sc6ccccc67)n5)c4)cc3c3cccnc23)c2ccccc12. The second kappa shape index (κ2) is 14.0. The molecule has 9 aromatic carbocycles. The van der Waals surface area contributed by atoms with Crippen LogP contribution in [0.25, 0.3) is 120 Å². The Labute approximate surface area is 354 Å². The van der Waals surface area contributed by atoms with Crippen molar-refractivity contribution in [2.45, 2.75) is 0 Å². The average molecular weight is 794 g/mol. The molecule has 12 rings (SSSR count). The van der Waals surface area contributed by atoms with E-state index in [-0.39, 0.29) is 0 Å². The fraction of sp³-hybridized carbons (Fsp3) is 0. The lowest BCUT2D eigenvalue weighted by Gasteiger charge is -2.17. The average Bonchev–Trinajstić information content (AvgIpc) is 3.71. The molecule has 3 heterocycles. The summed E-state index contributed by atoms with van der Waals surface area (Å²) in [6.07, 6.45) is 1.86. The lowest BCUT2D eigenvalue weighted by molar-refractivity contribution is 1.07. The van der Waals surface area contributed by atoms with Crippen LogP contribution in [-0.2, 0) is 0 Å². The molecule has 12 aromatic rings.